The zero-order valence-corrected chi connectivity index (χ0v) is 13.3. The fraction of sp³-hybridized carbons (Fsp3) is 0.625. The monoisotopic (exact) mass is 308 g/mol. The van der Waals surface area contributed by atoms with Crippen molar-refractivity contribution in [1.82, 2.24) is 10.2 Å². The number of methoxy groups -OCH3 is 1. The van der Waals surface area contributed by atoms with Gasteiger partial charge in [-0.15, -0.1) is 0 Å². The molecule has 0 unspecified atom stereocenters. The highest BCUT2D eigenvalue weighted by atomic mass is 16.5. The normalized spacial score (nSPS) is 18.6. The number of hydrogen-bond acceptors (Lipinski definition) is 4. The average Bonchev–Trinajstić information content (AvgIpc) is 2.79. The molecule has 0 radical (unpaired) electrons. The zero-order valence-electron chi connectivity index (χ0n) is 13.3. The summed E-state index contributed by atoms with van der Waals surface area (Å²) in [5.41, 5.74) is 0. The Hall–Kier alpha value is -1.98. The first-order chi connectivity index (χ1) is 10.6. The second kappa shape index (κ2) is 7.87. The Bertz CT molecular complexity index is 512. The lowest BCUT2D eigenvalue weighted by molar-refractivity contribution is -0.133. The molecular weight excluding hydrogens is 284 g/mol. The quantitative estimate of drug-likeness (QED) is 0.928. The van der Waals surface area contributed by atoms with E-state index in [-0.39, 0.29) is 24.9 Å². The van der Waals surface area contributed by atoms with Crippen molar-refractivity contribution in [3.05, 3.63) is 23.7 Å². The molecule has 6 nitrogen and oxygen atoms in total. The van der Waals surface area contributed by atoms with E-state index in [1.54, 1.807) is 0 Å². The van der Waals surface area contributed by atoms with Crippen LogP contribution in [0.3, 0.4) is 0 Å². The van der Waals surface area contributed by atoms with Crippen LogP contribution in [0.4, 0.5) is 4.79 Å². The fourth-order valence-electron chi connectivity index (χ4n) is 2.82. The Labute approximate surface area is 130 Å². The number of amides is 2. The third-order valence-corrected chi connectivity index (χ3v) is 3.96. The third-order valence-electron chi connectivity index (χ3n) is 3.96. The van der Waals surface area contributed by atoms with Gasteiger partial charge < -0.3 is 19.4 Å². The highest BCUT2D eigenvalue weighted by Crippen LogP contribution is 2.31. The molecule has 0 bridgehead atoms. The molecule has 0 saturated carbocycles. The number of alkyl carbamates (subject to hydrolysis) is 1. The maximum Gasteiger partial charge on any atom is 0.406 e. The molecule has 1 fully saturated rings. The molecule has 1 aromatic rings. The molecule has 22 heavy (non-hydrogen) atoms. The number of carbonyl (C=O) groups is 2. The second-order valence-electron chi connectivity index (χ2n) is 5.57. The van der Waals surface area contributed by atoms with Gasteiger partial charge >= 0.3 is 6.09 Å². The summed E-state index contributed by atoms with van der Waals surface area (Å²) in [5, 5.41) is 2.54. The smallest absolute Gasteiger partial charge is 0.406 e. The van der Waals surface area contributed by atoms with Gasteiger partial charge in [0.1, 0.15) is 11.5 Å². The summed E-state index contributed by atoms with van der Waals surface area (Å²) in [6.45, 7) is 2.93. The van der Waals surface area contributed by atoms with Crippen molar-refractivity contribution < 1.29 is 18.7 Å². The Balaban J connectivity index is 2.00. The van der Waals surface area contributed by atoms with Crippen molar-refractivity contribution in [2.45, 2.75) is 45.1 Å². The van der Waals surface area contributed by atoms with Crippen molar-refractivity contribution in [1.29, 1.82) is 0 Å². The zero-order chi connectivity index (χ0) is 15.9. The fourth-order valence-corrected chi connectivity index (χ4v) is 2.82. The molecule has 0 spiro atoms. The summed E-state index contributed by atoms with van der Waals surface area (Å²) in [5.74, 6) is 1.75. The van der Waals surface area contributed by atoms with Crippen LogP contribution in [0.15, 0.2) is 16.5 Å². The van der Waals surface area contributed by atoms with E-state index in [1.165, 1.54) is 7.11 Å². The average molecular weight is 308 g/mol. The van der Waals surface area contributed by atoms with Gasteiger partial charge in [-0.25, -0.2) is 4.79 Å². The van der Waals surface area contributed by atoms with E-state index in [0.29, 0.717) is 0 Å². The van der Waals surface area contributed by atoms with E-state index < -0.39 is 6.09 Å². The van der Waals surface area contributed by atoms with Crippen LogP contribution in [0.2, 0.25) is 0 Å². The summed E-state index contributed by atoms with van der Waals surface area (Å²) in [6.07, 6.45) is 3.90. The Morgan fingerprint density at radius 1 is 1.36 bits per heavy atom. The molecule has 1 aromatic heterocycles. The number of nitrogens with one attached hydrogen (secondary N) is 1. The number of carbonyl (C=O) groups excluding carboxylic acids is 2. The van der Waals surface area contributed by atoms with Crippen LogP contribution < -0.4 is 5.32 Å². The van der Waals surface area contributed by atoms with Gasteiger partial charge in [0.25, 0.3) is 0 Å². The minimum absolute atomic E-state index is 0.00169. The molecule has 1 saturated heterocycles. The molecule has 1 atom stereocenters. The number of ether oxygens (including phenoxy) is 1. The minimum Gasteiger partial charge on any atom is -0.464 e. The molecule has 1 aliphatic heterocycles. The van der Waals surface area contributed by atoms with Gasteiger partial charge in [0.15, 0.2) is 0 Å². The number of hydrogen-bond donors (Lipinski definition) is 1. The van der Waals surface area contributed by atoms with Crippen LogP contribution in [0.1, 0.15) is 49.7 Å². The number of nitrogens with zero attached hydrogens (tertiary/aromatic N) is 1. The summed E-state index contributed by atoms with van der Waals surface area (Å²) in [4.78, 5) is 25.4. The van der Waals surface area contributed by atoms with E-state index in [1.807, 2.05) is 24.0 Å². The lowest BCUT2D eigenvalue weighted by Crippen LogP contribution is -2.37. The molecular formula is C16H24N2O4. The van der Waals surface area contributed by atoms with Crippen molar-refractivity contribution in [3.8, 4) is 0 Å². The largest absolute Gasteiger partial charge is 0.464 e. The van der Waals surface area contributed by atoms with Crippen LogP contribution in [-0.2, 0) is 9.53 Å². The molecule has 0 aromatic carbocycles. The van der Waals surface area contributed by atoms with Gasteiger partial charge in [0.2, 0.25) is 5.91 Å². The summed E-state index contributed by atoms with van der Waals surface area (Å²) in [7, 11) is 1.31. The summed E-state index contributed by atoms with van der Waals surface area (Å²) >= 11 is 0. The highest BCUT2D eigenvalue weighted by molar-refractivity contribution is 5.77. The summed E-state index contributed by atoms with van der Waals surface area (Å²) in [6, 6.07) is 3.89. The van der Waals surface area contributed by atoms with Gasteiger partial charge in [-0.2, -0.15) is 0 Å². The molecule has 122 valence electrons. The molecule has 0 aliphatic carbocycles. The van der Waals surface area contributed by atoms with Crippen LogP contribution in [0, 0.1) is 6.92 Å². The van der Waals surface area contributed by atoms with Crippen LogP contribution >= 0.6 is 0 Å². The minimum atomic E-state index is -0.512. The molecule has 6 heteroatoms. The van der Waals surface area contributed by atoms with Crippen LogP contribution in [0.5, 0.6) is 0 Å². The first kappa shape index (κ1) is 16.4. The van der Waals surface area contributed by atoms with E-state index in [4.69, 9.17) is 4.42 Å². The molecule has 2 heterocycles. The predicted molar refractivity (Wildman–Crippen MR) is 81.4 cm³/mol. The second-order valence-corrected chi connectivity index (χ2v) is 5.57. The van der Waals surface area contributed by atoms with Gasteiger partial charge in [-0.3, -0.25) is 4.79 Å². The lowest BCUT2D eigenvalue weighted by Gasteiger charge is -2.28. The number of aryl methyl sites for hydroxylation is 1. The van der Waals surface area contributed by atoms with Gasteiger partial charge in [0.05, 0.1) is 13.2 Å². The molecule has 1 N–H and O–H groups in total. The number of furan rings is 1. The van der Waals surface area contributed by atoms with Gasteiger partial charge in [-0.1, -0.05) is 12.8 Å². The van der Waals surface area contributed by atoms with E-state index >= 15 is 0 Å². The van der Waals surface area contributed by atoms with Crippen molar-refractivity contribution >= 4 is 12.0 Å². The maximum atomic E-state index is 12.5. The van der Waals surface area contributed by atoms with Crippen molar-refractivity contribution in [2.24, 2.45) is 0 Å². The number of likely N-dealkylation sites (tertiary alicyclic amines) is 1. The van der Waals surface area contributed by atoms with Crippen LogP contribution in [0.25, 0.3) is 0 Å². The molecule has 2 rings (SSSR count). The van der Waals surface area contributed by atoms with E-state index in [9.17, 15) is 9.59 Å². The Morgan fingerprint density at radius 3 is 2.86 bits per heavy atom. The summed E-state index contributed by atoms with van der Waals surface area (Å²) < 4.78 is 10.2. The highest BCUT2D eigenvalue weighted by Gasteiger charge is 2.28. The SMILES string of the molecule is COC(=O)NCCC(=O)N1CCCCC[C@@H]1c1ccc(C)o1. The number of rotatable bonds is 4. The van der Waals surface area contributed by atoms with Gasteiger partial charge in [-0.05, 0) is 31.9 Å². The van der Waals surface area contributed by atoms with Crippen molar-refractivity contribution in [2.75, 3.05) is 20.2 Å². The van der Waals surface area contributed by atoms with Gasteiger partial charge in [0, 0.05) is 19.5 Å². The Kier molecular flexibility index (Phi) is 5.86. The van der Waals surface area contributed by atoms with E-state index in [0.717, 1.165) is 43.7 Å². The first-order valence-electron chi connectivity index (χ1n) is 7.79. The van der Waals surface area contributed by atoms with Crippen molar-refractivity contribution in [3.63, 3.8) is 0 Å². The first-order valence-corrected chi connectivity index (χ1v) is 7.79. The predicted octanol–water partition coefficient (Wildman–Crippen LogP) is 2.78. The topological polar surface area (TPSA) is 71.8 Å². The lowest BCUT2D eigenvalue weighted by atomic mass is 10.1. The van der Waals surface area contributed by atoms with E-state index in [2.05, 4.69) is 10.1 Å². The Morgan fingerprint density at radius 2 is 2.18 bits per heavy atom. The molecule has 1 aliphatic rings. The third kappa shape index (κ3) is 4.26. The van der Waals surface area contributed by atoms with Crippen LogP contribution in [-0.4, -0.2) is 37.1 Å². The molecule has 2 amide bonds. The maximum absolute atomic E-state index is 12.5. The standard InChI is InChI=1S/C16H24N2O4/c1-12-7-8-14(22-12)13-6-4-3-5-11-18(13)15(19)9-10-17-16(20)21-2/h7-8,13H,3-6,9-11H2,1-2H3,(H,17,20)/t13-/m1/s1.